The molecular weight excluding hydrogens is 388 g/mol. The van der Waals surface area contributed by atoms with E-state index < -0.39 is 0 Å². The maximum atomic E-state index is 12.8. The minimum Gasteiger partial charge on any atom is -0.441 e. The van der Waals surface area contributed by atoms with Gasteiger partial charge in [-0.3, -0.25) is 9.69 Å². The number of piperidine rings is 1. The van der Waals surface area contributed by atoms with Gasteiger partial charge in [-0.15, -0.1) is 0 Å². The number of nitrogens with one attached hydrogen (secondary N) is 1. The SMILES string of the molecule is Cc1oc(-c2ccc(Cl)cc2)nc1CN1CCC(C(=O)N2CCN[C@@H](C)C2)CC1. The van der Waals surface area contributed by atoms with E-state index >= 15 is 0 Å². The predicted octanol–water partition coefficient (Wildman–Crippen LogP) is 3.34. The van der Waals surface area contributed by atoms with E-state index in [9.17, 15) is 4.79 Å². The van der Waals surface area contributed by atoms with Gasteiger partial charge in [0, 0.05) is 48.7 Å². The molecule has 2 fully saturated rings. The highest BCUT2D eigenvalue weighted by Crippen LogP contribution is 2.26. The predicted molar refractivity (Wildman–Crippen MR) is 114 cm³/mol. The molecule has 0 bridgehead atoms. The largest absolute Gasteiger partial charge is 0.441 e. The lowest BCUT2D eigenvalue weighted by Crippen LogP contribution is -2.53. The van der Waals surface area contributed by atoms with Crippen molar-refractivity contribution >= 4 is 17.5 Å². The Morgan fingerprint density at radius 2 is 1.97 bits per heavy atom. The van der Waals surface area contributed by atoms with Gasteiger partial charge >= 0.3 is 0 Å². The molecule has 3 heterocycles. The Labute approximate surface area is 177 Å². The van der Waals surface area contributed by atoms with Crippen molar-refractivity contribution in [2.45, 2.75) is 39.3 Å². The average molecular weight is 417 g/mol. The summed E-state index contributed by atoms with van der Waals surface area (Å²) in [6, 6.07) is 7.92. The molecule has 1 N–H and O–H groups in total. The first-order valence-electron chi connectivity index (χ1n) is 10.5. The number of rotatable bonds is 4. The van der Waals surface area contributed by atoms with Crippen LogP contribution in [0.2, 0.25) is 5.02 Å². The molecule has 0 spiro atoms. The minimum absolute atomic E-state index is 0.152. The molecule has 1 atom stereocenters. The van der Waals surface area contributed by atoms with Crippen LogP contribution < -0.4 is 5.32 Å². The van der Waals surface area contributed by atoms with E-state index in [-0.39, 0.29) is 5.92 Å². The number of benzene rings is 1. The molecule has 6 nitrogen and oxygen atoms in total. The van der Waals surface area contributed by atoms with Gasteiger partial charge in [-0.1, -0.05) is 11.6 Å². The van der Waals surface area contributed by atoms with Gasteiger partial charge in [-0.25, -0.2) is 4.98 Å². The van der Waals surface area contributed by atoms with E-state index in [1.165, 1.54) is 0 Å². The number of oxazole rings is 1. The van der Waals surface area contributed by atoms with E-state index in [0.29, 0.717) is 22.9 Å². The van der Waals surface area contributed by atoms with Crippen molar-refractivity contribution in [2.75, 3.05) is 32.7 Å². The summed E-state index contributed by atoms with van der Waals surface area (Å²) in [6.07, 6.45) is 1.83. The zero-order valence-electron chi connectivity index (χ0n) is 17.2. The first kappa shape index (κ1) is 20.4. The Morgan fingerprint density at radius 1 is 1.24 bits per heavy atom. The quantitative estimate of drug-likeness (QED) is 0.828. The van der Waals surface area contributed by atoms with Gasteiger partial charge in [0.15, 0.2) is 0 Å². The van der Waals surface area contributed by atoms with Gasteiger partial charge in [0.25, 0.3) is 0 Å². The number of aromatic nitrogens is 1. The monoisotopic (exact) mass is 416 g/mol. The zero-order chi connectivity index (χ0) is 20.4. The number of nitrogens with zero attached hydrogens (tertiary/aromatic N) is 3. The number of aryl methyl sites for hydroxylation is 1. The number of hydrogen-bond acceptors (Lipinski definition) is 5. The Balaban J connectivity index is 1.33. The third kappa shape index (κ3) is 4.82. The van der Waals surface area contributed by atoms with E-state index in [2.05, 4.69) is 17.1 Å². The molecular formula is C22H29ClN4O2. The molecule has 1 amide bonds. The van der Waals surface area contributed by atoms with Crippen LogP contribution >= 0.6 is 11.6 Å². The van der Waals surface area contributed by atoms with Crippen LogP contribution in [0.5, 0.6) is 0 Å². The van der Waals surface area contributed by atoms with Crippen LogP contribution in [0.4, 0.5) is 0 Å². The number of likely N-dealkylation sites (tertiary alicyclic amines) is 1. The highest BCUT2D eigenvalue weighted by atomic mass is 35.5. The van der Waals surface area contributed by atoms with E-state index in [1.807, 2.05) is 36.1 Å². The van der Waals surface area contributed by atoms with Crippen LogP contribution in [0, 0.1) is 12.8 Å². The van der Waals surface area contributed by atoms with Crippen molar-refractivity contribution in [3.8, 4) is 11.5 Å². The normalized spacial score (nSPS) is 21.5. The summed E-state index contributed by atoms with van der Waals surface area (Å²) in [4.78, 5) is 22.0. The number of carbonyl (C=O) groups excluding carboxylic acids is 1. The highest BCUT2D eigenvalue weighted by molar-refractivity contribution is 6.30. The van der Waals surface area contributed by atoms with E-state index in [0.717, 1.165) is 69.1 Å². The molecule has 0 aliphatic carbocycles. The first-order chi connectivity index (χ1) is 14.0. The number of halogens is 1. The molecule has 156 valence electrons. The van der Waals surface area contributed by atoms with Crippen molar-refractivity contribution < 1.29 is 9.21 Å². The molecule has 1 aromatic carbocycles. The minimum atomic E-state index is 0.152. The standard InChI is InChI=1S/C22H29ClN4O2/c1-15-13-27(12-9-24-15)22(28)18-7-10-26(11-8-18)14-20-16(2)29-21(25-20)17-3-5-19(23)6-4-17/h3-6,15,18,24H,7-14H2,1-2H3/t15-/m0/s1. The van der Waals surface area contributed by atoms with Crippen LogP contribution in [0.1, 0.15) is 31.2 Å². The van der Waals surface area contributed by atoms with Crippen molar-refractivity contribution in [3.05, 3.63) is 40.7 Å². The molecule has 2 aliphatic heterocycles. The average Bonchev–Trinajstić information content (AvgIpc) is 3.09. The fourth-order valence-corrected chi connectivity index (χ4v) is 4.36. The summed E-state index contributed by atoms with van der Waals surface area (Å²) in [6.45, 7) is 9.24. The molecule has 4 rings (SSSR count). The van der Waals surface area contributed by atoms with Crippen molar-refractivity contribution in [1.29, 1.82) is 0 Å². The van der Waals surface area contributed by atoms with Crippen LogP contribution in [0.15, 0.2) is 28.7 Å². The third-order valence-electron chi connectivity index (χ3n) is 5.97. The second-order valence-electron chi connectivity index (χ2n) is 8.22. The molecule has 2 aliphatic rings. The van der Waals surface area contributed by atoms with Crippen molar-refractivity contribution in [1.82, 2.24) is 20.1 Å². The zero-order valence-corrected chi connectivity index (χ0v) is 17.9. The van der Waals surface area contributed by atoms with Crippen LogP contribution in [-0.4, -0.2) is 59.5 Å². The third-order valence-corrected chi connectivity index (χ3v) is 6.23. The number of hydrogen-bond donors (Lipinski definition) is 1. The van der Waals surface area contributed by atoms with Crippen molar-refractivity contribution in [3.63, 3.8) is 0 Å². The second kappa shape index (κ2) is 8.86. The summed E-state index contributed by atoms with van der Waals surface area (Å²) in [5.41, 5.74) is 1.90. The Bertz CT molecular complexity index is 843. The summed E-state index contributed by atoms with van der Waals surface area (Å²) < 4.78 is 5.88. The maximum absolute atomic E-state index is 12.8. The number of amides is 1. The Morgan fingerprint density at radius 3 is 2.66 bits per heavy atom. The highest BCUT2D eigenvalue weighted by Gasteiger charge is 2.30. The lowest BCUT2D eigenvalue weighted by atomic mass is 9.94. The molecule has 7 heteroatoms. The fourth-order valence-electron chi connectivity index (χ4n) is 4.23. The van der Waals surface area contributed by atoms with E-state index in [1.54, 1.807) is 0 Å². The van der Waals surface area contributed by atoms with Gasteiger partial charge in [0.1, 0.15) is 5.76 Å². The molecule has 0 unspecified atom stereocenters. The lowest BCUT2D eigenvalue weighted by Gasteiger charge is -2.37. The van der Waals surface area contributed by atoms with Crippen molar-refractivity contribution in [2.24, 2.45) is 5.92 Å². The van der Waals surface area contributed by atoms with Gasteiger partial charge in [0.2, 0.25) is 11.8 Å². The Kier molecular flexibility index (Phi) is 6.23. The van der Waals surface area contributed by atoms with Crippen LogP contribution in [-0.2, 0) is 11.3 Å². The lowest BCUT2D eigenvalue weighted by molar-refractivity contribution is -0.138. The second-order valence-corrected chi connectivity index (χ2v) is 8.66. The summed E-state index contributed by atoms with van der Waals surface area (Å²) in [5, 5.41) is 4.10. The van der Waals surface area contributed by atoms with Crippen LogP contribution in [0.25, 0.3) is 11.5 Å². The molecule has 2 aromatic rings. The molecule has 29 heavy (non-hydrogen) atoms. The van der Waals surface area contributed by atoms with Gasteiger partial charge in [0.05, 0.1) is 5.69 Å². The van der Waals surface area contributed by atoms with Crippen LogP contribution in [0.3, 0.4) is 0 Å². The number of piperazine rings is 1. The smallest absolute Gasteiger partial charge is 0.226 e. The molecule has 0 saturated carbocycles. The molecule has 1 aromatic heterocycles. The maximum Gasteiger partial charge on any atom is 0.226 e. The number of carbonyl (C=O) groups is 1. The van der Waals surface area contributed by atoms with Gasteiger partial charge < -0.3 is 14.6 Å². The topological polar surface area (TPSA) is 61.6 Å². The fraction of sp³-hybridized carbons (Fsp3) is 0.545. The van der Waals surface area contributed by atoms with E-state index in [4.69, 9.17) is 21.0 Å². The summed E-state index contributed by atoms with van der Waals surface area (Å²) in [5.74, 6) is 1.97. The first-order valence-corrected chi connectivity index (χ1v) is 10.8. The van der Waals surface area contributed by atoms with Gasteiger partial charge in [-0.2, -0.15) is 0 Å². The Hall–Kier alpha value is -1.89. The molecule has 0 radical (unpaired) electrons. The molecule has 2 saturated heterocycles. The summed E-state index contributed by atoms with van der Waals surface area (Å²) >= 11 is 5.97. The summed E-state index contributed by atoms with van der Waals surface area (Å²) in [7, 11) is 0. The van der Waals surface area contributed by atoms with Gasteiger partial charge in [-0.05, 0) is 64.0 Å².